The Morgan fingerprint density at radius 3 is 2.34 bits per heavy atom. The molecule has 1 heterocycles. The maximum Gasteiger partial charge on any atom is 0.256 e. The minimum Gasteiger partial charge on any atom is -0.355 e. The zero-order valence-electron chi connectivity index (χ0n) is 19.9. The maximum atomic E-state index is 13.9. The normalized spacial score (nSPS) is 18.1. The van der Waals surface area contributed by atoms with Crippen LogP contribution in [0.4, 0.5) is 11.4 Å². The SMILES string of the molecule is CC(C)(C)CN1C(=O)C(CC(=O)Nc2ccccc2)OC(c2ccccc2Cl)c2cc(Cl)ccc21. The molecule has 0 bridgehead atoms. The number of anilines is 2. The Hall–Kier alpha value is -2.86. The van der Waals surface area contributed by atoms with Gasteiger partial charge < -0.3 is 15.0 Å². The summed E-state index contributed by atoms with van der Waals surface area (Å²) in [6.07, 6.45) is -1.84. The van der Waals surface area contributed by atoms with Crippen molar-refractivity contribution in [2.75, 3.05) is 16.8 Å². The molecule has 0 aromatic heterocycles. The van der Waals surface area contributed by atoms with Gasteiger partial charge in [-0.15, -0.1) is 0 Å². The topological polar surface area (TPSA) is 58.6 Å². The molecule has 2 unspecified atom stereocenters. The van der Waals surface area contributed by atoms with E-state index in [4.69, 9.17) is 27.9 Å². The van der Waals surface area contributed by atoms with Crippen LogP contribution in [-0.4, -0.2) is 24.5 Å². The summed E-state index contributed by atoms with van der Waals surface area (Å²) in [5.41, 5.74) is 2.59. The van der Waals surface area contributed by atoms with E-state index in [1.807, 2.05) is 42.5 Å². The molecular formula is C28H28Cl2N2O3. The molecule has 5 nitrogen and oxygen atoms in total. The third-order valence-corrected chi connectivity index (χ3v) is 6.23. The van der Waals surface area contributed by atoms with E-state index in [0.717, 1.165) is 5.56 Å². The highest BCUT2D eigenvalue weighted by Crippen LogP contribution is 2.42. The number of para-hydroxylation sites is 1. The van der Waals surface area contributed by atoms with Gasteiger partial charge in [-0.3, -0.25) is 9.59 Å². The van der Waals surface area contributed by atoms with Crippen molar-refractivity contribution in [3.8, 4) is 0 Å². The minimum absolute atomic E-state index is 0.142. The molecule has 0 fully saturated rings. The number of nitrogens with one attached hydrogen (secondary N) is 1. The molecule has 2 atom stereocenters. The van der Waals surface area contributed by atoms with Crippen LogP contribution in [-0.2, 0) is 14.3 Å². The Morgan fingerprint density at radius 2 is 1.66 bits per heavy atom. The van der Waals surface area contributed by atoms with Crippen molar-refractivity contribution in [1.29, 1.82) is 0 Å². The summed E-state index contributed by atoms with van der Waals surface area (Å²) < 4.78 is 6.43. The first-order valence-electron chi connectivity index (χ1n) is 11.5. The molecule has 1 aliphatic rings. The van der Waals surface area contributed by atoms with Gasteiger partial charge in [-0.25, -0.2) is 0 Å². The lowest BCUT2D eigenvalue weighted by Crippen LogP contribution is -2.44. The molecule has 3 aromatic carbocycles. The number of rotatable bonds is 5. The van der Waals surface area contributed by atoms with Crippen LogP contribution in [0.1, 0.15) is 44.4 Å². The second-order valence-corrected chi connectivity index (χ2v) is 10.7. The predicted molar refractivity (Wildman–Crippen MR) is 141 cm³/mol. The highest BCUT2D eigenvalue weighted by atomic mass is 35.5. The van der Waals surface area contributed by atoms with E-state index in [1.54, 1.807) is 35.2 Å². The lowest BCUT2D eigenvalue weighted by atomic mass is 9.94. The van der Waals surface area contributed by atoms with E-state index in [-0.39, 0.29) is 23.7 Å². The first-order chi connectivity index (χ1) is 16.6. The number of benzene rings is 3. The number of hydrogen-bond donors (Lipinski definition) is 1. The summed E-state index contributed by atoms with van der Waals surface area (Å²) in [5.74, 6) is -0.589. The fraction of sp³-hybridized carbons (Fsp3) is 0.286. The average Bonchev–Trinajstić information content (AvgIpc) is 2.89. The number of ether oxygens (including phenoxy) is 1. The highest BCUT2D eigenvalue weighted by Gasteiger charge is 2.39. The van der Waals surface area contributed by atoms with Gasteiger partial charge in [0, 0.05) is 39.1 Å². The maximum absolute atomic E-state index is 13.9. The van der Waals surface area contributed by atoms with Crippen LogP contribution < -0.4 is 10.2 Å². The van der Waals surface area contributed by atoms with E-state index in [9.17, 15) is 9.59 Å². The molecule has 0 saturated carbocycles. The average molecular weight is 511 g/mol. The fourth-order valence-corrected chi connectivity index (χ4v) is 4.59. The fourth-order valence-electron chi connectivity index (χ4n) is 4.17. The van der Waals surface area contributed by atoms with Crippen molar-refractivity contribution in [3.05, 3.63) is 94.0 Å². The third-order valence-electron chi connectivity index (χ3n) is 5.65. The lowest BCUT2D eigenvalue weighted by Gasteiger charge is -2.31. The summed E-state index contributed by atoms with van der Waals surface area (Å²) in [5, 5.41) is 3.88. The zero-order valence-corrected chi connectivity index (χ0v) is 21.4. The Bertz CT molecular complexity index is 1220. The lowest BCUT2D eigenvalue weighted by molar-refractivity contribution is -0.136. The van der Waals surface area contributed by atoms with E-state index < -0.39 is 12.2 Å². The Balaban J connectivity index is 1.77. The van der Waals surface area contributed by atoms with E-state index in [0.29, 0.717) is 33.5 Å². The van der Waals surface area contributed by atoms with Gasteiger partial charge in [0.15, 0.2) is 0 Å². The molecular weight excluding hydrogens is 483 g/mol. The molecule has 0 saturated heterocycles. The molecule has 0 aliphatic carbocycles. The summed E-state index contributed by atoms with van der Waals surface area (Å²) in [6, 6.07) is 21.9. The number of carbonyl (C=O) groups is 2. The van der Waals surface area contributed by atoms with Gasteiger partial charge in [0.1, 0.15) is 12.2 Å². The molecule has 4 rings (SSSR count). The Labute approximate surface area is 216 Å². The minimum atomic E-state index is -1.02. The summed E-state index contributed by atoms with van der Waals surface area (Å²) in [6.45, 7) is 6.62. The summed E-state index contributed by atoms with van der Waals surface area (Å²) in [7, 11) is 0. The molecule has 2 amide bonds. The van der Waals surface area contributed by atoms with Crippen LogP contribution in [0.5, 0.6) is 0 Å². The Morgan fingerprint density at radius 1 is 0.971 bits per heavy atom. The largest absolute Gasteiger partial charge is 0.355 e. The number of hydrogen-bond acceptors (Lipinski definition) is 3. The first-order valence-corrected chi connectivity index (χ1v) is 12.2. The molecule has 1 N–H and O–H groups in total. The number of amides is 2. The molecule has 1 aliphatic heterocycles. The van der Waals surface area contributed by atoms with Crippen LogP contribution in [0.15, 0.2) is 72.8 Å². The number of nitrogens with zero attached hydrogens (tertiary/aromatic N) is 1. The standard InChI is InChI=1S/C28H28Cl2N2O3/c1-28(2,3)17-32-23-14-13-18(29)15-21(23)26(20-11-7-8-12-22(20)30)35-24(27(32)34)16-25(33)31-19-9-5-4-6-10-19/h4-15,24,26H,16-17H2,1-3H3,(H,31,33). The number of fused-ring (bicyclic) bond motifs is 1. The first kappa shape index (κ1) is 25.2. The van der Waals surface area contributed by atoms with Crippen LogP contribution in [0.2, 0.25) is 10.0 Å². The van der Waals surface area contributed by atoms with Gasteiger partial charge in [0.05, 0.1) is 6.42 Å². The van der Waals surface area contributed by atoms with Crippen molar-refractivity contribution in [3.63, 3.8) is 0 Å². The van der Waals surface area contributed by atoms with Crippen molar-refractivity contribution < 1.29 is 14.3 Å². The molecule has 3 aromatic rings. The van der Waals surface area contributed by atoms with Gasteiger partial charge in [0.25, 0.3) is 5.91 Å². The molecule has 0 spiro atoms. The van der Waals surface area contributed by atoms with Gasteiger partial charge in [-0.05, 0) is 41.8 Å². The highest BCUT2D eigenvalue weighted by molar-refractivity contribution is 6.31. The van der Waals surface area contributed by atoms with E-state index >= 15 is 0 Å². The monoisotopic (exact) mass is 510 g/mol. The van der Waals surface area contributed by atoms with Crippen LogP contribution in [0.3, 0.4) is 0 Å². The van der Waals surface area contributed by atoms with Gasteiger partial charge in [-0.2, -0.15) is 0 Å². The summed E-state index contributed by atoms with van der Waals surface area (Å²) in [4.78, 5) is 28.5. The van der Waals surface area contributed by atoms with Crippen LogP contribution >= 0.6 is 23.2 Å². The van der Waals surface area contributed by atoms with Gasteiger partial charge in [-0.1, -0.05) is 80.4 Å². The second-order valence-electron chi connectivity index (χ2n) is 9.83. The summed E-state index contributed by atoms with van der Waals surface area (Å²) >= 11 is 13.0. The molecule has 7 heteroatoms. The van der Waals surface area contributed by atoms with Crippen LogP contribution in [0.25, 0.3) is 0 Å². The predicted octanol–water partition coefficient (Wildman–Crippen LogP) is 6.89. The third kappa shape index (κ3) is 6.04. The van der Waals surface area contributed by atoms with Crippen molar-refractivity contribution in [2.45, 2.75) is 39.4 Å². The molecule has 182 valence electrons. The quantitative estimate of drug-likeness (QED) is 0.406. The second kappa shape index (κ2) is 10.4. The number of carbonyl (C=O) groups excluding carboxylic acids is 2. The van der Waals surface area contributed by atoms with E-state index in [2.05, 4.69) is 26.1 Å². The Kier molecular flexibility index (Phi) is 7.50. The van der Waals surface area contributed by atoms with Gasteiger partial charge >= 0.3 is 0 Å². The van der Waals surface area contributed by atoms with Crippen molar-refractivity contribution >= 4 is 46.4 Å². The molecule has 0 radical (unpaired) electrons. The molecule has 35 heavy (non-hydrogen) atoms. The van der Waals surface area contributed by atoms with E-state index in [1.165, 1.54) is 0 Å². The van der Waals surface area contributed by atoms with Crippen LogP contribution in [0, 0.1) is 5.41 Å². The van der Waals surface area contributed by atoms with Crippen molar-refractivity contribution in [2.24, 2.45) is 5.41 Å². The smallest absolute Gasteiger partial charge is 0.256 e. The number of halogens is 2. The van der Waals surface area contributed by atoms with Gasteiger partial charge in [0.2, 0.25) is 5.91 Å². The zero-order chi connectivity index (χ0) is 25.2. The van der Waals surface area contributed by atoms with Crippen molar-refractivity contribution in [1.82, 2.24) is 0 Å².